The first kappa shape index (κ1) is 17.4. The molecule has 0 aliphatic carbocycles. The van der Waals surface area contributed by atoms with Gasteiger partial charge in [-0.1, -0.05) is 0 Å². The quantitative estimate of drug-likeness (QED) is 0.650. The molecule has 1 amide bonds. The normalized spacial score (nSPS) is 17.0. The van der Waals surface area contributed by atoms with Crippen molar-refractivity contribution in [2.45, 2.75) is 25.8 Å². The predicted octanol–water partition coefficient (Wildman–Crippen LogP) is 1.06. The zero-order valence-electron chi connectivity index (χ0n) is 13.0. The monoisotopic (exact) mass is 341 g/mol. The molecule has 1 fully saturated rings. The van der Waals surface area contributed by atoms with Crippen LogP contribution in [0, 0.1) is 17.0 Å². The number of nitrogens with zero attached hydrogens (tertiary/aromatic N) is 2. The number of amides is 1. The van der Waals surface area contributed by atoms with Crippen LogP contribution in [-0.2, 0) is 10.0 Å². The van der Waals surface area contributed by atoms with Crippen molar-refractivity contribution in [1.82, 2.24) is 9.62 Å². The summed E-state index contributed by atoms with van der Waals surface area (Å²) in [5, 5.41) is 13.6. The zero-order chi connectivity index (χ0) is 17.2. The Bertz CT molecular complexity index is 724. The molecule has 1 aromatic rings. The van der Waals surface area contributed by atoms with Crippen LogP contribution in [-0.4, -0.2) is 48.9 Å². The predicted molar refractivity (Wildman–Crippen MR) is 84.7 cm³/mol. The number of sulfonamides is 1. The number of piperidine rings is 1. The van der Waals surface area contributed by atoms with Gasteiger partial charge in [-0.3, -0.25) is 14.9 Å². The highest BCUT2D eigenvalue weighted by Crippen LogP contribution is 2.19. The first-order valence-corrected chi connectivity index (χ1v) is 9.04. The first-order chi connectivity index (χ1) is 10.7. The number of hydrogen-bond acceptors (Lipinski definition) is 5. The van der Waals surface area contributed by atoms with Gasteiger partial charge in [0.25, 0.3) is 11.6 Å². The van der Waals surface area contributed by atoms with Crippen LogP contribution in [0.15, 0.2) is 18.2 Å². The summed E-state index contributed by atoms with van der Waals surface area (Å²) in [6.07, 6.45) is 2.26. The molecule has 2 rings (SSSR count). The zero-order valence-corrected chi connectivity index (χ0v) is 13.8. The fraction of sp³-hybridized carbons (Fsp3) is 0.500. The summed E-state index contributed by atoms with van der Waals surface area (Å²) in [6, 6.07) is 4.12. The third kappa shape index (κ3) is 4.26. The Morgan fingerprint density at radius 2 is 1.96 bits per heavy atom. The molecule has 1 heterocycles. The van der Waals surface area contributed by atoms with E-state index in [0.29, 0.717) is 37.1 Å². The summed E-state index contributed by atoms with van der Waals surface area (Å²) in [5.74, 6) is -0.305. The molecule has 1 N–H and O–H groups in total. The van der Waals surface area contributed by atoms with E-state index in [1.165, 1.54) is 28.8 Å². The highest BCUT2D eigenvalue weighted by atomic mass is 32.2. The molecule has 9 heteroatoms. The van der Waals surface area contributed by atoms with Gasteiger partial charge in [0.1, 0.15) is 0 Å². The Morgan fingerprint density at radius 1 is 1.35 bits per heavy atom. The van der Waals surface area contributed by atoms with E-state index in [1.54, 1.807) is 6.92 Å². The van der Waals surface area contributed by atoms with E-state index in [4.69, 9.17) is 0 Å². The molecule has 1 saturated heterocycles. The first-order valence-electron chi connectivity index (χ1n) is 7.19. The number of nitro benzene ring substituents is 1. The van der Waals surface area contributed by atoms with Gasteiger partial charge in [-0.25, -0.2) is 12.7 Å². The van der Waals surface area contributed by atoms with Gasteiger partial charge in [0.05, 0.1) is 11.2 Å². The molecular formula is C14H19N3O5S. The Labute approximate surface area is 134 Å². The molecule has 0 radical (unpaired) electrons. The lowest BCUT2D eigenvalue weighted by atomic mass is 10.0. The Balaban J connectivity index is 1.98. The molecule has 0 aromatic heterocycles. The summed E-state index contributed by atoms with van der Waals surface area (Å²) < 4.78 is 24.3. The molecule has 0 bridgehead atoms. The van der Waals surface area contributed by atoms with Crippen molar-refractivity contribution in [2.75, 3.05) is 19.3 Å². The third-order valence-electron chi connectivity index (χ3n) is 3.91. The summed E-state index contributed by atoms with van der Waals surface area (Å²) in [4.78, 5) is 22.5. The Morgan fingerprint density at radius 3 is 2.43 bits per heavy atom. The molecule has 0 unspecified atom stereocenters. The summed E-state index contributed by atoms with van der Waals surface area (Å²) in [7, 11) is -3.19. The summed E-state index contributed by atoms with van der Waals surface area (Å²) >= 11 is 0. The maximum atomic E-state index is 12.2. The van der Waals surface area contributed by atoms with E-state index in [-0.39, 0.29) is 17.6 Å². The van der Waals surface area contributed by atoms with Gasteiger partial charge in [-0.2, -0.15) is 0 Å². The van der Waals surface area contributed by atoms with Crippen LogP contribution in [0.3, 0.4) is 0 Å². The lowest BCUT2D eigenvalue weighted by Gasteiger charge is -2.30. The molecule has 1 aliphatic rings. The van der Waals surface area contributed by atoms with Crippen molar-refractivity contribution in [2.24, 2.45) is 0 Å². The molecular weight excluding hydrogens is 322 g/mol. The molecule has 1 aliphatic heterocycles. The van der Waals surface area contributed by atoms with Crippen LogP contribution in [0.5, 0.6) is 0 Å². The number of carbonyl (C=O) groups excluding carboxylic acids is 1. The van der Waals surface area contributed by atoms with Crippen molar-refractivity contribution in [3.8, 4) is 0 Å². The lowest BCUT2D eigenvalue weighted by molar-refractivity contribution is -0.385. The number of aryl methyl sites for hydroxylation is 1. The van der Waals surface area contributed by atoms with Gasteiger partial charge in [0.15, 0.2) is 0 Å². The van der Waals surface area contributed by atoms with Gasteiger partial charge in [-0.15, -0.1) is 0 Å². The van der Waals surface area contributed by atoms with Gasteiger partial charge in [0.2, 0.25) is 10.0 Å². The van der Waals surface area contributed by atoms with Crippen LogP contribution < -0.4 is 5.32 Å². The van der Waals surface area contributed by atoms with Crippen molar-refractivity contribution >= 4 is 21.6 Å². The average Bonchev–Trinajstić information content (AvgIpc) is 2.46. The van der Waals surface area contributed by atoms with Gasteiger partial charge >= 0.3 is 0 Å². The Kier molecular flexibility index (Phi) is 5.00. The molecule has 23 heavy (non-hydrogen) atoms. The van der Waals surface area contributed by atoms with Crippen LogP contribution in [0.4, 0.5) is 5.69 Å². The van der Waals surface area contributed by atoms with Crippen molar-refractivity contribution < 1.29 is 18.1 Å². The third-order valence-corrected chi connectivity index (χ3v) is 5.22. The lowest BCUT2D eigenvalue weighted by Crippen LogP contribution is -2.46. The number of benzene rings is 1. The number of rotatable bonds is 4. The molecule has 8 nitrogen and oxygen atoms in total. The van der Waals surface area contributed by atoms with E-state index in [1.807, 2.05) is 0 Å². The summed E-state index contributed by atoms with van der Waals surface area (Å²) in [6.45, 7) is 2.34. The van der Waals surface area contributed by atoms with Crippen LogP contribution in [0.1, 0.15) is 28.8 Å². The van der Waals surface area contributed by atoms with Crippen LogP contribution >= 0.6 is 0 Å². The molecule has 126 valence electrons. The standard InChI is InChI=1S/C14H19N3O5S/c1-10-9-11(3-4-13(10)17(19)20)14(18)15-12-5-7-16(8-6-12)23(2,21)22/h3-4,9,12H,5-8H2,1-2H3,(H,15,18). The van der Waals surface area contributed by atoms with Gasteiger partial charge in [0, 0.05) is 36.3 Å². The highest BCUT2D eigenvalue weighted by Gasteiger charge is 2.26. The van der Waals surface area contributed by atoms with Crippen molar-refractivity contribution in [3.63, 3.8) is 0 Å². The minimum atomic E-state index is -3.19. The topological polar surface area (TPSA) is 110 Å². The number of nitro groups is 1. The average molecular weight is 341 g/mol. The van der Waals surface area contributed by atoms with E-state index in [0.717, 1.165) is 0 Å². The largest absolute Gasteiger partial charge is 0.349 e. The van der Waals surface area contributed by atoms with Crippen LogP contribution in [0.25, 0.3) is 0 Å². The van der Waals surface area contributed by atoms with Crippen LogP contribution in [0.2, 0.25) is 0 Å². The van der Waals surface area contributed by atoms with E-state index >= 15 is 0 Å². The fourth-order valence-corrected chi connectivity index (χ4v) is 3.48. The number of hydrogen-bond donors (Lipinski definition) is 1. The van der Waals surface area contributed by atoms with Crippen molar-refractivity contribution in [3.05, 3.63) is 39.4 Å². The van der Waals surface area contributed by atoms with E-state index in [9.17, 15) is 23.3 Å². The molecule has 0 atom stereocenters. The van der Waals surface area contributed by atoms with Crippen molar-refractivity contribution in [1.29, 1.82) is 0 Å². The second-order valence-electron chi connectivity index (χ2n) is 5.67. The number of nitrogens with one attached hydrogen (secondary N) is 1. The second-order valence-corrected chi connectivity index (χ2v) is 7.65. The maximum Gasteiger partial charge on any atom is 0.272 e. The van der Waals surface area contributed by atoms with E-state index < -0.39 is 14.9 Å². The second kappa shape index (κ2) is 6.63. The van der Waals surface area contributed by atoms with E-state index in [2.05, 4.69) is 5.32 Å². The SMILES string of the molecule is Cc1cc(C(=O)NC2CCN(S(C)(=O)=O)CC2)ccc1[N+](=O)[O-]. The van der Waals surface area contributed by atoms with Gasteiger partial charge < -0.3 is 5.32 Å². The highest BCUT2D eigenvalue weighted by molar-refractivity contribution is 7.88. The summed E-state index contributed by atoms with van der Waals surface area (Å²) in [5.41, 5.74) is 0.760. The maximum absolute atomic E-state index is 12.2. The fourth-order valence-electron chi connectivity index (χ4n) is 2.60. The molecule has 1 aromatic carbocycles. The Hall–Kier alpha value is -2.00. The minimum Gasteiger partial charge on any atom is -0.349 e. The smallest absolute Gasteiger partial charge is 0.272 e. The molecule has 0 saturated carbocycles. The number of carbonyl (C=O) groups is 1. The van der Waals surface area contributed by atoms with Gasteiger partial charge in [-0.05, 0) is 31.9 Å². The minimum absolute atomic E-state index is 0.0250. The molecule has 0 spiro atoms.